The fraction of sp³-hybridized carbons (Fsp3) is 0.350. The van der Waals surface area contributed by atoms with Gasteiger partial charge in [-0.05, 0) is 29.8 Å². The summed E-state index contributed by atoms with van der Waals surface area (Å²) in [6.07, 6.45) is 0. The van der Waals surface area contributed by atoms with Crippen LogP contribution in [0.3, 0.4) is 0 Å². The standard InChI is InChI=1S/C20H24FN3O3.HI/c1-22-20(24(2)11-14-4-6-18(25-3)7-5-14)23-10-15-8-17(21)9-16-12-26-13-27-19(15)16;/h4-9H,10-13H2,1-3H3,(H,22,23);1H. The number of halogens is 2. The minimum Gasteiger partial charge on any atom is -0.497 e. The summed E-state index contributed by atoms with van der Waals surface area (Å²) in [4.78, 5) is 6.31. The molecule has 0 saturated carbocycles. The normalized spacial score (nSPS) is 13.1. The Hall–Kier alpha value is -2.07. The van der Waals surface area contributed by atoms with E-state index in [2.05, 4.69) is 10.3 Å². The molecule has 0 atom stereocenters. The van der Waals surface area contributed by atoms with Crippen molar-refractivity contribution in [3.8, 4) is 11.5 Å². The first kappa shape index (κ1) is 22.2. The largest absolute Gasteiger partial charge is 0.497 e. The minimum atomic E-state index is -0.304. The molecule has 2 aromatic rings. The molecule has 0 unspecified atom stereocenters. The summed E-state index contributed by atoms with van der Waals surface area (Å²) in [7, 11) is 5.32. The summed E-state index contributed by atoms with van der Waals surface area (Å²) >= 11 is 0. The van der Waals surface area contributed by atoms with Crippen molar-refractivity contribution < 1.29 is 18.6 Å². The molecule has 0 fully saturated rings. The van der Waals surface area contributed by atoms with Crippen LogP contribution in [-0.2, 0) is 24.4 Å². The van der Waals surface area contributed by atoms with E-state index >= 15 is 0 Å². The number of ether oxygens (including phenoxy) is 3. The summed E-state index contributed by atoms with van der Waals surface area (Å²) in [5.74, 6) is 1.91. The van der Waals surface area contributed by atoms with Crippen LogP contribution >= 0.6 is 24.0 Å². The summed E-state index contributed by atoms with van der Waals surface area (Å²) < 4.78 is 29.8. The molecule has 1 aliphatic rings. The maximum absolute atomic E-state index is 13.9. The molecule has 1 N–H and O–H groups in total. The molecule has 0 radical (unpaired) electrons. The molecule has 1 aliphatic heterocycles. The predicted molar refractivity (Wildman–Crippen MR) is 117 cm³/mol. The third-order valence-corrected chi connectivity index (χ3v) is 4.34. The van der Waals surface area contributed by atoms with Gasteiger partial charge in [0, 0.05) is 38.3 Å². The molecule has 1 heterocycles. The minimum absolute atomic E-state index is 0. The number of aliphatic imine (C=N–C) groups is 1. The lowest BCUT2D eigenvalue weighted by atomic mass is 10.1. The number of hydrogen-bond acceptors (Lipinski definition) is 4. The number of methoxy groups -OCH3 is 1. The molecule has 0 amide bonds. The van der Waals surface area contributed by atoms with Crippen LogP contribution in [-0.4, -0.2) is 38.9 Å². The number of hydrogen-bond donors (Lipinski definition) is 1. The van der Waals surface area contributed by atoms with Crippen molar-refractivity contribution in [3.63, 3.8) is 0 Å². The van der Waals surface area contributed by atoms with Crippen LogP contribution in [0.25, 0.3) is 0 Å². The average molecular weight is 501 g/mol. The van der Waals surface area contributed by atoms with Crippen molar-refractivity contribution in [3.05, 3.63) is 58.9 Å². The van der Waals surface area contributed by atoms with Gasteiger partial charge in [0.1, 0.15) is 17.3 Å². The Balaban J connectivity index is 0.00000280. The van der Waals surface area contributed by atoms with Gasteiger partial charge in [0.2, 0.25) is 0 Å². The fourth-order valence-electron chi connectivity index (χ4n) is 3.03. The average Bonchev–Trinajstić information content (AvgIpc) is 2.68. The monoisotopic (exact) mass is 501 g/mol. The van der Waals surface area contributed by atoms with E-state index in [1.807, 2.05) is 36.2 Å². The van der Waals surface area contributed by atoms with Gasteiger partial charge in [-0.3, -0.25) is 4.99 Å². The van der Waals surface area contributed by atoms with Gasteiger partial charge in [0.25, 0.3) is 0 Å². The first-order valence-electron chi connectivity index (χ1n) is 8.67. The predicted octanol–water partition coefficient (Wildman–Crippen LogP) is 3.53. The van der Waals surface area contributed by atoms with Crippen LogP contribution in [0.15, 0.2) is 41.4 Å². The Morgan fingerprint density at radius 3 is 2.71 bits per heavy atom. The van der Waals surface area contributed by atoms with Crippen LogP contribution < -0.4 is 14.8 Å². The molecule has 0 aliphatic carbocycles. The zero-order valence-corrected chi connectivity index (χ0v) is 18.5. The Morgan fingerprint density at radius 1 is 1.29 bits per heavy atom. The zero-order valence-electron chi connectivity index (χ0n) is 16.2. The molecular formula is C20H25FIN3O3. The van der Waals surface area contributed by atoms with Gasteiger partial charge in [0.05, 0.1) is 13.7 Å². The molecule has 0 aromatic heterocycles. The number of guanidine groups is 1. The fourth-order valence-corrected chi connectivity index (χ4v) is 3.03. The van der Waals surface area contributed by atoms with Crippen LogP contribution in [0, 0.1) is 5.82 Å². The summed E-state index contributed by atoms with van der Waals surface area (Å²) in [5.41, 5.74) is 2.59. The van der Waals surface area contributed by atoms with Gasteiger partial charge < -0.3 is 24.4 Å². The molecule has 8 heteroatoms. The molecule has 0 spiro atoms. The second kappa shape index (κ2) is 10.5. The summed E-state index contributed by atoms with van der Waals surface area (Å²) in [5, 5.41) is 3.27. The molecule has 28 heavy (non-hydrogen) atoms. The lowest BCUT2D eigenvalue weighted by Crippen LogP contribution is -2.38. The topological polar surface area (TPSA) is 55.3 Å². The number of rotatable bonds is 5. The number of fused-ring (bicyclic) bond motifs is 1. The van der Waals surface area contributed by atoms with E-state index in [1.54, 1.807) is 14.2 Å². The molecule has 6 nitrogen and oxygen atoms in total. The highest BCUT2D eigenvalue weighted by Gasteiger charge is 2.17. The second-order valence-electron chi connectivity index (χ2n) is 6.27. The Morgan fingerprint density at radius 2 is 2.04 bits per heavy atom. The van der Waals surface area contributed by atoms with E-state index in [0.29, 0.717) is 31.4 Å². The molecule has 152 valence electrons. The van der Waals surface area contributed by atoms with Crippen molar-refractivity contribution in [2.45, 2.75) is 19.7 Å². The zero-order chi connectivity index (χ0) is 19.2. The quantitative estimate of drug-likeness (QED) is 0.386. The van der Waals surface area contributed by atoms with E-state index < -0.39 is 0 Å². The van der Waals surface area contributed by atoms with Crippen molar-refractivity contribution in [1.29, 1.82) is 0 Å². The molecule has 0 bridgehead atoms. The van der Waals surface area contributed by atoms with Crippen molar-refractivity contribution in [1.82, 2.24) is 10.2 Å². The number of nitrogens with one attached hydrogen (secondary N) is 1. The Kier molecular flexibility index (Phi) is 8.31. The number of benzene rings is 2. The maximum Gasteiger partial charge on any atom is 0.193 e. The van der Waals surface area contributed by atoms with E-state index in [-0.39, 0.29) is 36.6 Å². The SMILES string of the molecule is CN=C(NCc1cc(F)cc2c1OCOC2)N(C)Cc1ccc(OC)cc1.I. The first-order chi connectivity index (χ1) is 13.1. The number of nitrogens with zero attached hydrogens (tertiary/aromatic N) is 2. The lowest BCUT2D eigenvalue weighted by molar-refractivity contribution is -0.0173. The van der Waals surface area contributed by atoms with Gasteiger partial charge in [-0.25, -0.2) is 4.39 Å². The van der Waals surface area contributed by atoms with Gasteiger partial charge in [0.15, 0.2) is 12.8 Å². The Labute approximate surface area is 181 Å². The van der Waals surface area contributed by atoms with E-state index in [4.69, 9.17) is 14.2 Å². The van der Waals surface area contributed by atoms with Gasteiger partial charge in [-0.15, -0.1) is 24.0 Å². The van der Waals surface area contributed by atoms with E-state index in [0.717, 1.165) is 22.4 Å². The van der Waals surface area contributed by atoms with Crippen molar-refractivity contribution >= 4 is 29.9 Å². The van der Waals surface area contributed by atoms with Crippen molar-refractivity contribution in [2.24, 2.45) is 4.99 Å². The van der Waals surface area contributed by atoms with Crippen LogP contribution in [0.2, 0.25) is 0 Å². The van der Waals surface area contributed by atoms with Crippen molar-refractivity contribution in [2.75, 3.05) is 28.0 Å². The highest BCUT2D eigenvalue weighted by Crippen LogP contribution is 2.29. The third kappa shape index (κ3) is 5.48. The molecule has 0 saturated heterocycles. The second-order valence-corrected chi connectivity index (χ2v) is 6.27. The molecular weight excluding hydrogens is 476 g/mol. The van der Waals surface area contributed by atoms with Crippen LogP contribution in [0.1, 0.15) is 16.7 Å². The van der Waals surface area contributed by atoms with E-state index in [1.165, 1.54) is 12.1 Å². The lowest BCUT2D eigenvalue weighted by Gasteiger charge is -2.24. The maximum atomic E-state index is 13.9. The van der Waals surface area contributed by atoms with E-state index in [9.17, 15) is 4.39 Å². The highest BCUT2D eigenvalue weighted by molar-refractivity contribution is 14.0. The third-order valence-electron chi connectivity index (χ3n) is 4.34. The highest BCUT2D eigenvalue weighted by atomic mass is 127. The summed E-state index contributed by atoms with van der Waals surface area (Å²) in [6, 6.07) is 10.8. The Bertz CT molecular complexity index is 815. The molecule has 2 aromatic carbocycles. The smallest absolute Gasteiger partial charge is 0.193 e. The van der Waals surface area contributed by atoms with Gasteiger partial charge in [-0.2, -0.15) is 0 Å². The van der Waals surface area contributed by atoms with Gasteiger partial charge >= 0.3 is 0 Å². The first-order valence-corrected chi connectivity index (χ1v) is 8.67. The van der Waals surface area contributed by atoms with Gasteiger partial charge in [-0.1, -0.05) is 12.1 Å². The molecule has 3 rings (SSSR count). The van der Waals surface area contributed by atoms with Crippen LogP contribution in [0.4, 0.5) is 4.39 Å². The summed E-state index contributed by atoms with van der Waals surface area (Å²) in [6.45, 7) is 1.61. The van der Waals surface area contributed by atoms with Crippen LogP contribution in [0.5, 0.6) is 11.5 Å².